The quantitative estimate of drug-likeness (QED) is 0.841. The third-order valence-corrected chi connectivity index (χ3v) is 3.13. The molecule has 0 aliphatic heterocycles. The van der Waals surface area contributed by atoms with E-state index in [9.17, 15) is 0 Å². The van der Waals surface area contributed by atoms with Crippen LogP contribution in [-0.4, -0.2) is 23.2 Å². The normalized spacial score (nSPS) is 10.6. The average Bonchev–Trinajstić information content (AvgIpc) is 2.88. The zero-order valence-electron chi connectivity index (χ0n) is 12.2. The van der Waals surface area contributed by atoms with Crippen molar-refractivity contribution in [1.29, 1.82) is 0 Å². The van der Waals surface area contributed by atoms with Gasteiger partial charge in [-0.15, -0.1) is 0 Å². The highest BCUT2D eigenvalue weighted by Crippen LogP contribution is 2.25. The fourth-order valence-corrected chi connectivity index (χ4v) is 1.88. The van der Waals surface area contributed by atoms with Crippen LogP contribution >= 0.6 is 0 Å². The molecule has 0 saturated heterocycles. The summed E-state index contributed by atoms with van der Waals surface area (Å²) in [5.74, 6) is 1.64. The smallest absolute Gasteiger partial charge is 0.130 e. The zero-order chi connectivity index (χ0) is 14.4. The van der Waals surface area contributed by atoms with Gasteiger partial charge in [-0.05, 0) is 12.6 Å². The van der Waals surface area contributed by atoms with Crippen LogP contribution in [0.25, 0.3) is 0 Å². The molecule has 0 saturated carbocycles. The van der Waals surface area contributed by atoms with Gasteiger partial charge in [-0.1, -0.05) is 13.0 Å². The third kappa shape index (κ3) is 3.51. The molecule has 0 atom stereocenters. The van der Waals surface area contributed by atoms with E-state index in [-0.39, 0.29) is 0 Å². The van der Waals surface area contributed by atoms with Gasteiger partial charge in [0, 0.05) is 25.2 Å². The highest BCUT2D eigenvalue weighted by molar-refractivity contribution is 5.40. The number of hydrogen-bond acceptors (Lipinski definition) is 4. The van der Waals surface area contributed by atoms with E-state index in [1.165, 1.54) is 0 Å². The number of ether oxygens (including phenoxy) is 2. The van der Waals surface area contributed by atoms with Crippen LogP contribution in [-0.2, 0) is 20.2 Å². The van der Waals surface area contributed by atoms with Crippen LogP contribution in [0.4, 0.5) is 0 Å². The fraction of sp³-hybridized carbons (Fsp3) is 0.400. The summed E-state index contributed by atoms with van der Waals surface area (Å²) < 4.78 is 13.1. The molecular formula is C15H21N3O2. The van der Waals surface area contributed by atoms with E-state index in [1.807, 2.05) is 36.0 Å². The van der Waals surface area contributed by atoms with Crippen LogP contribution in [0.5, 0.6) is 11.5 Å². The van der Waals surface area contributed by atoms with Gasteiger partial charge in [-0.3, -0.25) is 0 Å². The van der Waals surface area contributed by atoms with Crippen molar-refractivity contribution in [3.05, 3.63) is 42.0 Å². The Morgan fingerprint density at radius 1 is 1.35 bits per heavy atom. The summed E-state index contributed by atoms with van der Waals surface area (Å²) in [5.41, 5.74) is 2.15. The number of hydrogen-bond donors (Lipinski definition) is 1. The van der Waals surface area contributed by atoms with Crippen molar-refractivity contribution in [2.24, 2.45) is 7.05 Å². The van der Waals surface area contributed by atoms with Gasteiger partial charge in [0.15, 0.2) is 0 Å². The van der Waals surface area contributed by atoms with Crippen LogP contribution in [0.15, 0.2) is 30.7 Å². The molecule has 0 fully saturated rings. The van der Waals surface area contributed by atoms with E-state index >= 15 is 0 Å². The van der Waals surface area contributed by atoms with E-state index < -0.39 is 0 Å². The molecule has 2 aromatic rings. The van der Waals surface area contributed by atoms with Gasteiger partial charge in [0.2, 0.25) is 0 Å². The number of imidazole rings is 1. The number of nitrogens with one attached hydrogen (secondary N) is 1. The molecule has 1 aromatic carbocycles. The number of benzene rings is 1. The lowest BCUT2D eigenvalue weighted by Gasteiger charge is -2.13. The molecule has 2 rings (SSSR count). The topological polar surface area (TPSA) is 48.3 Å². The Morgan fingerprint density at radius 2 is 2.20 bits per heavy atom. The third-order valence-electron chi connectivity index (χ3n) is 3.13. The fourth-order valence-electron chi connectivity index (χ4n) is 1.88. The lowest BCUT2D eigenvalue weighted by Crippen LogP contribution is -2.13. The van der Waals surface area contributed by atoms with Gasteiger partial charge in [-0.2, -0.15) is 0 Å². The summed E-state index contributed by atoms with van der Waals surface area (Å²) >= 11 is 0. The number of rotatable bonds is 7. The van der Waals surface area contributed by atoms with E-state index in [2.05, 4.69) is 17.2 Å². The van der Waals surface area contributed by atoms with Gasteiger partial charge < -0.3 is 19.4 Å². The predicted molar refractivity (Wildman–Crippen MR) is 77.9 cm³/mol. The maximum atomic E-state index is 5.92. The zero-order valence-corrected chi connectivity index (χ0v) is 12.2. The highest BCUT2D eigenvalue weighted by atomic mass is 16.5. The maximum absolute atomic E-state index is 5.92. The minimum Gasteiger partial charge on any atom is -0.497 e. The first kappa shape index (κ1) is 14.4. The van der Waals surface area contributed by atoms with E-state index in [0.717, 1.165) is 35.8 Å². The van der Waals surface area contributed by atoms with E-state index in [1.54, 1.807) is 13.4 Å². The minimum absolute atomic E-state index is 0.489. The second-order valence-corrected chi connectivity index (χ2v) is 4.54. The van der Waals surface area contributed by atoms with Crippen molar-refractivity contribution in [2.45, 2.75) is 20.1 Å². The summed E-state index contributed by atoms with van der Waals surface area (Å²) in [6.07, 6.45) is 3.58. The van der Waals surface area contributed by atoms with Crippen molar-refractivity contribution in [2.75, 3.05) is 13.7 Å². The first-order valence-corrected chi connectivity index (χ1v) is 6.70. The molecule has 0 aliphatic rings. The van der Waals surface area contributed by atoms with E-state index in [4.69, 9.17) is 9.47 Å². The Kier molecular flexibility index (Phi) is 5.01. The SMILES string of the molecule is CCNCc1ccc(OC)cc1OCc1cncn1C. The lowest BCUT2D eigenvalue weighted by molar-refractivity contribution is 0.291. The van der Waals surface area contributed by atoms with Crippen LogP contribution in [0.1, 0.15) is 18.2 Å². The summed E-state index contributed by atoms with van der Waals surface area (Å²) in [6, 6.07) is 5.90. The standard InChI is InChI=1S/C15H21N3O2/c1-4-16-8-12-5-6-14(19-3)7-15(12)20-10-13-9-17-11-18(13)2/h5-7,9,11,16H,4,8,10H2,1-3H3. The summed E-state index contributed by atoms with van der Waals surface area (Å²) in [4.78, 5) is 4.09. The molecule has 1 heterocycles. The van der Waals surface area contributed by atoms with Crippen LogP contribution in [0.2, 0.25) is 0 Å². The van der Waals surface area contributed by atoms with E-state index in [0.29, 0.717) is 6.61 Å². The Bertz CT molecular complexity index is 552. The monoisotopic (exact) mass is 275 g/mol. The van der Waals surface area contributed by atoms with Gasteiger partial charge in [0.05, 0.1) is 25.3 Å². The molecular weight excluding hydrogens is 254 g/mol. The molecule has 0 bridgehead atoms. The molecule has 20 heavy (non-hydrogen) atoms. The summed E-state index contributed by atoms with van der Waals surface area (Å²) in [7, 11) is 3.61. The predicted octanol–water partition coefficient (Wildman–Crippen LogP) is 2.12. The molecule has 0 amide bonds. The number of aromatic nitrogens is 2. The minimum atomic E-state index is 0.489. The molecule has 5 heteroatoms. The first-order chi connectivity index (χ1) is 9.74. The van der Waals surface area contributed by atoms with Crippen LogP contribution < -0.4 is 14.8 Å². The number of methoxy groups -OCH3 is 1. The van der Waals surface area contributed by atoms with Crippen molar-refractivity contribution < 1.29 is 9.47 Å². The Balaban J connectivity index is 2.12. The highest BCUT2D eigenvalue weighted by Gasteiger charge is 2.07. The van der Waals surface area contributed by atoms with Crippen molar-refractivity contribution >= 4 is 0 Å². The van der Waals surface area contributed by atoms with Gasteiger partial charge in [0.25, 0.3) is 0 Å². The molecule has 5 nitrogen and oxygen atoms in total. The van der Waals surface area contributed by atoms with Crippen LogP contribution in [0.3, 0.4) is 0 Å². The average molecular weight is 275 g/mol. The summed E-state index contributed by atoms with van der Waals surface area (Å²) in [6.45, 7) is 4.27. The van der Waals surface area contributed by atoms with Crippen LogP contribution in [0, 0.1) is 0 Å². The second-order valence-electron chi connectivity index (χ2n) is 4.54. The molecule has 0 aliphatic carbocycles. The molecule has 108 valence electrons. The maximum Gasteiger partial charge on any atom is 0.130 e. The van der Waals surface area contributed by atoms with Crippen molar-refractivity contribution in [3.63, 3.8) is 0 Å². The number of aryl methyl sites for hydroxylation is 1. The Labute approximate surface area is 119 Å². The molecule has 0 spiro atoms. The molecule has 0 unspecified atom stereocenters. The van der Waals surface area contributed by atoms with Gasteiger partial charge in [0.1, 0.15) is 18.1 Å². The summed E-state index contributed by atoms with van der Waals surface area (Å²) in [5, 5.41) is 3.31. The molecule has 0 radical (unpaired) electrons. The first-order valence-electron chi connectivity index (χ1n) is 6.70. The lowest BCUT2D eigenvalue weighted by atomic mass is 10.2. The molecule has 1 N–H and O–H groups in total. The van der Waals surface area contributed by atoms with Crippen molar-refractivity contribution in [3.8, 4) is 11.5 Å². The Hall–Kier alpha value is -2.01. The number of nitrogens with zero attached hydrogens (tertiary/aromatic N) is 2. The van der Waals surface area contributed by atoms with Crippen molar-refractivity contribution in [1.82, 2.24) is 14.9 Å². The second kappa shape index (κ2) is 6.96. The Morgan fingerprint density at radius 3 is 2.85 bits per heavy atom. The van der Waals surface area contributed by atoms with Gasteiger partial charge >= 0.3 is 0 Å². The molecule has 1 aromatic heterocycles. The largest absolute Gasteiger partial charge is 0.497 e. The van der Waals surface area contributed by atoms with Gasteiger partial charge in [-0.25, -0.2) is 4.98 Å².